The van der Waals surface area contributed by atoms with Gasteiger partial charge in [0.25, 0.3) is 5.91 Å². The van der Waals surface area contributed by atoms with E-state index in [2.05, 4.69) is 5.32 Å². The van der Waals surface area contributed by atoms with Gasteiger partial charge in [0.2, 0.25) is 0 Å². The highest BCUT2D eigenvalue weighted by Crippen LogP contribution is 2.08. The smallest absolute Gasteiger partial charge is 0.329 e. The Balaban J connectivity index is 1.96. The predicted octanol–water partition coefficient (Wildman–Crippen LogP) is 3.27. The third-order valence-corrected chi connectivity index (χ3v) is 4.60. The lowest BCUT2D eigenvalue weighted by atomic mass is 10.1. The number of amides is 1. The van der Waals surface area contributed by atoms with E-state index >= 15 is 0 Å². The van der Waals surface area contributed by atoms with Crippen LogP contribution in [0.15, 0.2) is 54.6 Å². The van der Waals surface area contributed by atoms with Gasteiger partial charge in [-0.15, -0.1) is 0 Å². The van der Waals surface area contributed by atoms with E-state index in [1.165, 1.54) is 0 Å². The number of rotatable bonds is 9. The Morgan fingerprint density at radius 2 is 1.67 bits per heavy atom. The molecule has 0 aromatic heterocycles. The number of benzene rings is 2. The number of Topliss-reactive ketones (excluding diaryl/α,β-unsaturated/α-hetero) is 1. The van der Waals surface area contributed by atoms with E-state index < -0.39 is 12.0 Å². The van der Waals surface area contributed by atoms with Crippen molar-refractivity contribution in [2.75, 3.05) is 18.6 Å². The van der Waals surface area contributed by atoms with E-state index in [0.717, 1.165) is 5.56 Å². The van der Waals surface area contributed by atoms with E-state index in [0.29, 0.717) is 23.3 Å². The summed E-state index contributed by atoms with van der Waals surface area (Å²) in [6.45, 7) is 1.58. The van der Waals surface area contributed by atoms with Crippen LogP contribution in [0, 0.1) is 6.92 Å². The number of nitrogens with one attached hydrogen (secondary N) is 1. The van der Waals surface area contributed by atoms with Gasteiger partial charge in [0.15, 0.2) is 12.4 Å². The topological polar surface area (TPSA) is 72.5 Å². The molecule has 2 rings (SSSR count). The zero-order valence-corrected chi connectivity index (χ0v) is 16.3. The summed E-state index contributed by atoms with van der Waals surface area (Å²) < 4.78 is 5.17. The van der Waals surface area contributed by atoms with Crippen LogP contribution in [0.3, 0.4) is 0 Å². The number of carbonyl (C=O) groups excluding carboxylic acids is 3. The van der Waals surface area contributed by atoms with E-state index in [1.54, 1.807) is 48.2 Å². The molecule has 0 saturated carbocycles. The molecule has 0 spiro atoms. The highest BCUT2D eigenvalue weighted by Gasteiger charge is 2.23. The Bertz CT molecular complexity index is 775. The maximum atomic E-state index is 12.4. The average Bonchev–Trinajstić information content (AvgIpc) is 2.70. The molecular formula is C21H23NO4S. The second-order valence-electron chi connectivity index (χ2n) is 6.07. The molecule has 0 saturated heterocycles. The summed E-state index contributed by atoms with van der Waals surface area (Å²) in [4.78, 5) is 36.9. The molecule has 0 bridgehead atoms. The molecule has 6 heteroatoms. The van der Waals surface area contributed by atoms with E-state index in [-0.39, 0.29) is 18.3 Å². The summed E-state index contributed by atoms with van der Waals surface area (Å²) in [7, 11) is 0. The average molecular weight is 385 g/mol. The first-order chi connectivity index (χ1) is 13.0. The highest BCUT2D eigenvalue weighted by atomic mass is 32.2. The number of hydrogen-bond donors (Lipinski definition) is 1. The number of carbonyl (C=O) groups is 3. The first-order valence-electron chi connectivity index (χ1n) is 8.62. The molecule has 1 unspecified atom stereocenters. The van der Waals surface area contributed by atoms with Gasteiger partial charge in [-0.05, 0) is 37.5 Å². The second kappa shape index (κ2) is 10.5. The van der Waals surface area contributed by atoms with Crippen LogP contribution in [0.4, 0.5) is 0 Å². The maximum Gasteiger partial charge on any atom is 0.329 e. The standard InChI is InChI=1S/C21H23NO4S/c1-15-8-10-16(11-9-15)19(23)14-26-21(25)18(12-13-27-2)22-20(24)17-6-4-3-5-7-17/h3-11,18H,12-14H2,1-2H3,(H,22,24). The van der Waals surface area contributed by atoms with Gasteiger partial charge in [-0.2, -0.15) is 11.8 Å². The van der Waals surface area contributed by atoms with Crippen molar-refractivity contribution in [1.29, 1.82) is 0 Å². The molecule has 0 aliphatic rings. The SMILES string of the molecule is CSCCC(NC(=O)c1ccccc1)C(=O)OCC(=O)c1ccc(C)cc1. The number of aryl methyl sites for hydroxylation is 1. The summed E-state index contributed by atoms with van der Waals surface area (Å²) >= 11 is 1.57. The van der Waals surface area contributed by atoms with Gasteiger partial charge in [-0.1, -0.05) is 48.0 Å². The van der Waals surface area contributed by atoms with Crippen molar-refractivity contribution in [2.24, 2.45) is 0 Å². The fraction of sp³-hybridized carbons (Fsp3) is 0.286. The number of esters is 1. The first kappa shape index (κ1) is 20.7. The van der Waals surface area contributed by atoms with Crippen LogP contribution in [-0.2, 0) is 9.53 Å². The van der Waals surface area contributed by atoms with Crippen molar-refractivity contribution >= 4 is 29.4 Å². The molecular weight excluding hydrogens is 362 g/mol. The Hall–Kier alpha value is -2.60. The van der Waals surface area contributed by atoms with Crippen LogP contribution < -0.4 is 5.32 Å². The second-order valence-corrected chi connectivity index (χ2v) is 7.06. The predicted molar refractivity (Wildman–Crippen MR) is 107 cm³/mol. The molecule has 1 atom stereocenters. The van der Waals surface area contributed by atoms with Crippen LogP contribution in [0.5, 0.6) is 0 Å². The summed E-state index contributed by atoms with van der Waals surface area (Å²) in [5, 5.41) is 2.70. The molecule has 2 aromatic carbocycles. The van der Waals surface area contributed by atoms with Crippen LogP contribution in [0.1, 0.15) is 32.7 Å². The van der Waals surface area contributed by atoms with Crippen molar-refractivity contribution < 1.29 is 19.1 Å². The number of ether oxygens (including phenoxy) is 1. The largest absolute Gasteiger partial charge is 0.456 e. The first-order valence-corrected chi connectivity index (χ1v) is 10.0. The Labute approximate surface area is 163 Å². The Kier molecular flexibility index (Phi) is 8.07. The van der Waals surface area contributed by atoms with Gasteiger partial charge in [0.1, 0.15) is 6.04 Å². The molecule has 0 fully saturated rings. The fourth-order valence-corrected chi connectivity index (χ4v) is 2.85. The molecule has 1 N–H and O–H groups in total. The molecule has 142 valence electrons. The summed E-state index contributed by atoms with van der Waals surface area (Å²) in [6.07, 6.45) is 2.35. The monoisotopic (exact) mass is 385 g/mol. The van der Waals surface area contributed by atoms with Crippen molar-refractivity contribution in [3.8, 4) is 0 Å². The van der Waals surface area contributed by atoms with Gasteiger partial charge in [-0.3, -0.25) is 9.59 Å². The Morgan fingerprint density at radius 3 is 2.30 bits per heavy atom. The molecule has 0 aliphatic heterocycles. The lowest BCUT2D eigenvalue weighted by Crippen LogP contribution is -2.42. The third kappa shape index (κ3) is 6.57. The quantitative estimate of drug-likeness (QED) is 0.530. The Morgan fingerprint density at radius 1 is 1.00 bits per heavy atom. The number of ketones is 1. The molecule has 5 nitrogen and oxygen atoms in total. The zero-order valence-electron chi connectivity index (χ0n) is 15.4. The van der Waals surface area contributed by atoms with Gasteiger partial charge in [0, 0.05) is 11.1 Å². The maximum absolute atomic E-state index is 12.4. The van der Waals surface area contributed by atoms with Gasteiger partial charge in [-0.25, -0.2) is 4.79 Å². The van der Waals surface area contributed by atoms with Crippen molar-refractivity contribution in [3.05, 3.63) is 71.3 Å². The number of thioether (sulfide) groups is 1. The van der Waals surface area contributed by atoms with Crippen molar-refractivity contribution in [3.63, 3.8) is 0 Å². The molecule has 0 radical (unpaired) electrons. The molecule has 0 heterocycles. The van der Waals surface area contributed by atoms with Crippen LogP contribution >= 0.6 is 11.8 Å². The molecule has 0 aliphatic carbocycles. The molecule has 27 heavy (non-hydrogen) atoms. The van der Waals surface area contributed by atoms with Crippen molar-refractivity contribution in [1.82, 2.24) is 5.32 Å². The minimum Gasteiger partial charge on any atom is -0.456 e. The van der Waals surface area contributed by atoms with Gasteiger partial charge < -0.3 is 10.1 Å². The van der Waals surface area contributed by atoms with E-state index in [9.17, 15) is 14.4 Å². The van der Waals surface area contributed by atoms with Crippen LogP contribution in [-0.4, -0.2) is 42.3 Å². The van der Waals surface area contributed by atoms with Gasteiger partial charge in [0.05, 0.1) is 0 Å². The van der Waals surface area contributed by atoms with E-state index in [4.69, 9.17) is 4.74 Å². The zero-order chi connectivity index (χ0) is 19.6. The normalized spacial score (nSPS) is 11.5. The van der Waals surface area contributed by atoms with Gasteiger partial charge >= 0.3 is 5.97 Å². The summed E-state index contributed by atoms with van der Waals surface area (Å²) in [5.74, 6) is -0.542. The minimum atomic E-state index is -0.795. The highest BCUT2D eigenvalue weighted by molar-refractivity contribution is 7.98. The van der Waals surface area contributed by atoms with Crippen LogP contribution in [0.2, 0.25) is 0 Å². The van der Waals surface area contributed by atoms with Crippen LogP contribution in [0.25, 0.3) is 0 Å². The van der Waals surface area contributed by atoms with Crippen molar-refractivity contribution in [2.45, 2.75) is 19.4 Å². The number of hydrogen-bond acceptors (Lipinski definition) is 5. The molecule has 2 aromatic rings. The summed E-state index contributed by atoms with van der Waals surface area (Å²) in [5.41, 5.74) is 2.00. The van der Waals surface area contributed by atoms with E-state index in [1.807, 2.05) is 31.4 Å². The summed E-state index contributed by atoms with van der Waals surface area (Å²) in [6, 6.07) is 14.9. The lowest BCUT2D eigenvalue weighted by molar-refractivity contribution is -0.144. The minimum absolute atomic E-state index is 0.277. The fourth-order valence-electron chi connectivity index (χ4n) is 2.38. The third-order valence-electron chi connectivity index (χ3n) is 3.96. The lowest BCUT2D eigenvalue weighted by Gasteiger charge is -2.17. The molecule has 1 amide bonds.